The zero-order valence-corrected chi connectivity index (χ0v) is 14.0. The molecular weight excluding hydrogens is 337 g/mol. The number of aryl methyl sites for hydroxylation is 1. The first-order valence-electron chi connectivity index (χ1n) is 8.23. The first-order chi connectivity index (χ1) is 12.6. The van der Waals surface area contributed by atoms with Crippen LogP contribution >= 0.6 is 0 Å². The number of nitrogens with zero attached hydrogens (tertiary/aromatic N) is 1. The van der Waals surface area contributed by atoms with Gasteiger partial charge in [0.2, 0.25) is 5.91 Å². The highest BCUT2D eigenvalue weighted by Gasteiger charge is 2.15. The average Bonchev–Trinajstić information content (AvgIpc) is 2.64. The van der Waals surface area contributed by atoms with E-state index in [1.165, 1.54) is 12.1 Å². The van der Waals surface area contributed by atoms with Crippen molar-refractivity contribution in [3.05, 3.63) is 53.3 Å². The van der Waals surface area contributed by atoms with E-state index >= 15 is 0 Å². The minimum absolute atomic E-state index is 0.00162. The van der Waals surface area contributed by atoms with Gasteiger partial charge in [0.05, 0.1) is 5.69 Å². The molecule has 7 heteroatoms. The fourth-order valence-electron chi connectivity index (χ4n) is 2.71. The Morgan fingerprint density at radius 3 is 3.00 bits per heavy atom. The zero-order chi connectivity index (χ0) is 18.5. The van der Waals surface area contributed by atoms with Gasteiger partial charge in [-0.25, -0.2) is 4.39 Å². The smallest absolute Gasteiger partial charge is 0.224 e. The number of aliphatic hydroxyl groups is 1. The number of nitriles is 1. The third kappa shape index (κ3) is 4.10. The molecule has 1 amide bonds. The quantitative estimate of drug-likeness (QED) is 0.740. The standard InChI is InChI=1S/C19H18FN3O3/c20-16-2-1-3-18(15(16)9-21)22-10-13(24)11-26-14-5-6-17-12(8-14)4-7-19(25)23-17/h1-3,5-6,8,13,22,24H,4,7,10-11H2,(H,23,25)/t13-/m0/s1. The van der Waals surface area contributed by atoms with Crippen LogP contribution in [0, 0.1) is 17.1 Å². The number of carbonyl (C=O) groups excluding carboxylic acids is 1. The number of aliphatic hydroxyl groups excluding tert-OH is 1. The Morgan fingerprint density at radius 1 is 1.35 bits per heavy atom. The molecule has 0 radical (unpaired) electrons. The minimum Gasteiger partial charge on any atom is -0.491 e. The third-order valence-electron chi connectivity index (χ3n) is 4.07. The molecule has 1 aliphatic heterocycles. The molecule has 0 bridgehead atoms. The molecule has 3 N–H and O–H groups in total. The van der Waals surface area contributed by atoms with Gasteiger partial charge in [-0.15, -0.1) is 0 Å². The summed E-state index contributed by atoms with van der Waals surface area (Å²) in [6.45, 7) is 0.147. The van der Waals surface area contributed by atoms with Crippen LogP contribution in [0.4, 0.5) is 15.8 Å². The van der Waals surface area contributed by atoms with E-state index in [9.17, 15) is 14.3 Å². The van der Waals surface area contributed by atoms with Crippen LogP contribution in [0.15, 0.2) is 36.4 Å². The lowest BCUT2D eigenvalue weighted by Gasteiger charge is -2.19. The van der Waals surface area contributed by atoms with Crippen molar-refractivity contribution in [3.63, 3.8) is 0 Å². The van der Waals surface area contributed by atoms with Crippen LogP contribution in [0.2, 0.25) is 0 Å². The normalized spacial score (nSPS) is 14.0. The number of halogens is 1. The molecule has 6 nitrogen and oxygen atoms in total. The number of nitrogens with one attached hydrogen (secondary N) is 2. The van der Waals surface area contributed by atoms with Crippen LogP contribution in [0.25, 0.3) is 0 Å². The molecule has 2 aromatic carbocycles. The summed E-state index contributed by atoms with van der Waals surface area (Å²) in [5, 5.41) is 24.7. The third-order valence-corrected chi connectivity index (χ3v) is 4.07. The van der Waals surface area contributed by atoms with Gasteiger partial charge in [-0.05, 0) is 42.3 Å². The van der Waals surface area contributed by atoms with Gasteiger partial charge in [0.15, 0.2) is 0 Å². The van der Waals surface area contributed by atoms with Crippen molar-refractivity contribution in [1.82, 2.24) is 0 Å². The molecule has 0 fully saturated rings. The molecule has 0 unspecified atom stereocenters. The Morgan fingerprint density at radius 2 is 2.19 bits per heavy atom. The maximum Gasteiger partial charge on any atom is 0.224 e. The number of anilines is 2. The fourth-order valence-corrected chi connectivity index (χ4v) is 2.71. The number of hydrogen-bond donors (Lipinski definition) is 3. The molecule has 1 heterocycles. The Bertz CT molecular complexity index is 864. The van der Waals surface area contributed by atoms with Crippen molar-refractivity contribution in [2.75, 3.05) is 23.8 Å². The molecule has 0 saturated carbocycles. The number of carbonyl (C=O) groups is 1. The number of fused-ring (bicyclic) bond motifs is 1. The Balaban J connectivity index is 1.53. The van der Waals surface area contributed by atoms with Crippen molar-refractivity contribution in [3.8, 4) is 11.8 Å². The maximum atomic E-state index is 13.5. The highest BCUT2D eigenvalue weighted by Crippen LogP contribution is 2.26. The van der Waals surface area contributed by atoms with Gasteiger partial charge in [0.1, 0.15) is 35.9 Å². The van der Waals surface area contributed by atoms with Crippen LogP contribution in [0.3, 0.4) is 0 Å². The summed E-state index contributed by atoms with van der Waals surface area (Å²) >= 11 is 0. The highest BCUT2D eigenvalue weighted by atomic mass is 19.1. The average molecular weight is 355 g/mol. The van der Waals surface area contributed by atoms with Crippen molar-refractivity contribution in [2.45, 2.75) is 18.9 Å². The van der Waals surface area contributed by atoms with Gasteiger partial charge in [0, 0.05) is 18.7 Å². The monoisotopic (exact) mass is 355 g/mol. The first kappa shape index (κ1) is 17.7. The predicted octanol–water partition coefficient (Wildman–Crippen LogP) is 2.43. The van der Waals surface area contributed by atoms with Crippen LogP contribution < -0.4 is 15.4 Å². The van der Waals surface area contributed by atoms with E-state index in [-0.39, 0.29) is 24.6 Å². The van der Waals surface area contributed by atoms with Crippen LogP contribution in [0.1, 0.15) is 17.5 Å². The summed E-state index contributed by atoms with van der Waals surface area (Å²) in [4.78, 5) is 11.4. The van der Waals surface area contributed by atoms with E-state index in [2.05, 4.69) is 10.6 Å². The summed E-state index contributed by atoms with van der Waals surface area (Å²) in [5.74, 6) is -0.00596. The predicted molar refractivity (Wildman–Crippen MR) is 94.5 cm³/mol. The number of hydrogen-bond acceptors (Lipinski definition) is 5. The molecule has 2 aromatic rings. The van der Waals surface area contributed by atoms with Crippen molar-refractivity contribution in [2.24, 2.45) is 0 Å². The summed E-state index contributed by atoms with van der Waals surface area (Å²) < 4.78 is 19.1. The Kier molecular flexibility index (Phi) is 5.34. The van der Waals surface area contributed by atoms with Crippen LogP contribution in [0.5, 0.6) is 5.75 Å². The van der Waals surface area contributed by atoms with Gasteiger partial charge in [-0.1, -0.05) is 6.07 Å². The van der Waals surface area contributed by atoms with Crippen molar-refractivity contribution < 1.29 is 19.0 Å². The Labute approximate surface area is 150 Å². The van der Waals surface area contributed by atoms with Crippen molar-refractivity contribution >= 4 is 17.3 Å². The summed E-state index contributed by atoms with van der Waals surface area (Å²) in [5.41, 5.74) is 2.02. The van der Waals surface area contributed by atoms with Crippen LogP contribution in [-0.2, 0) is 11.2 Å². The van der Waals surface area contributed by atoms with Crippen molar-refractivity contribution in [1.29, 1.82) is 5.26 Å². The van der Waals surface area contributed by atoms with Crippen LogP contribution in [-0.4, -0.2) is 30.3 Å². The van der Waals surface area contributed by atoms with Gasteiger partial charge >= 0.3 is 0 Å². The second-order valence-electron chi connectivity index (χ2n) is 5.99. The topological polar surface area (TPSA) is 94.4 Å². The number of amides is 1. The van der Waals surface area contributed by atoms with E-state index in [0.29, 0.717) is 24.3 Å². The minimum atomic E-state index is -0.847. The molecule has 0 aliphatic carbocycles. The van der Waals surface area contributed by atoms with Gasteiger partial charge in [-0.3, -0.25) is 4.79 Å². The molecule has 1 atom stereocenters. The molecule has 0 saturated heterocycles. The molecule has 0 aromatic heterocycles. The SMILES string of the molecule is N#Cc1c(F)cccc1NC[C@H](O)COc1ccc2c(c1)CCC(=O)N2. The lowest BCUT2D eigenvalue weighted by molar-refractivity contribution is -0.116. The maximum absolute atomic E-state index is 13.5. The molecule has 3 rings (SSSR count). The van der Waals surface area contributed by atoms with Gasteiger partial charge < -0.3 is 20.5 Å². The van der Waals surface area contributed by atoms with Gasteiger partial charge in [-0.2, -0.15) is 5.26 Å². The zero-order valence-electron chi connectivity index (χ0n) is 14.0. The van der Waals surface area contributed by atoms with E-state index in [0.717, 1.165) is 11.3 Å². The molecule has 26 heavy (non-hydrogen) atoms. The molecule has 1 aliphatic rings. The lowest BCUT2D eigenvalue weighted by Crippen LogP contribution is -2.26. The summed E-state index contributed by atoms with van der Waals surface area (Å²) in [6, 6.07) is 11.4. The first-order valence-corrected chi connectivity index (χ1v) is 8.23. The number of benzene rings is 2. The number of rotatable bonds is 6. The Hall–Kier alpha value is -3.11. The molecular formula is C19H18FN3O3. The van der Waals surface area contributed by atoms with Gasteiger partial charge in [0.25, 0.3) is 0 Å². The van der Waals surface area contributed by atoms with E-state index < -0.39 is 11.9 Å². The second-order valence-corrected chi connectivity index (χ2v) is 5.99. The highest BCUT2D eigenvalue weighted by molar-refractivity contribution is 5.94. The molecule has 0 spiro atoms. The second kappa shape index (κ2) is 7.85. The lowest BCUT2D eigenvalue weighted by atomic mass is 10.0. The summed E-state index contributed by atoms with van der Waals surface area (Å²) in [6.07, 6.45) is 0.247. The fraction of sp³-hybridized carbons (Fsp3) is 0.263. The van der Waals surface area contributed by atoms with E-state index in [4.69, 9.17) is 10.00 Å². The summed E-state index contributed by atoms with van der Waals surface area (Å²) in [7, 11) is 0. The van der Waals surface area contributed by atoms with E-state index in [1.807, 2.05) is 6.07 Å². The van der Waals surface area contributed by atoms with E-state index in [1.54, 1.807) is 24.3 Å². The molecule has 134 valence electrons. The number of ether oxygens (including phenoxy) is 1. The largest absolute Gasteiger partial charge is 0.491 e.